The zero-order chi connectivity index (χ0) is 18.8. The van der Waals surface area contributed by atoms with E-state index in [2.05, 4.69) is 15.9 Å². The number of nitro groups is 1. The molecule has 0 aliphatic carbocycles. The first kappa shape index (κ1) is 17.5. The highest BCUT2D eigenvalue weighted by atomic mass is 16.6. The van der Waals surface area contributed by atoms with Crippen LogP contribution >= 0.6 is 0 Å². The molecule has 2 aliphatic heterocycles. The zero-order valence-corrected chi connectivity index (χ0v) is 15.1. The number of carbonyl (C=O) groups excluding carboxylic acids is 1. The summed E-state index contributed by atoms with van der Waals surface area (Å²) in [5.74, 6) is 0.156. The van der Waals surface area contributed by atoms with Gasteiger partial charge in [-0.05, 0) is 30.2 Å². The lowest BCUT2D eigenvalue weighted by Crippen LogP contribution is -2.50. The number of anilines is 2. The van der Waals surface area contributed by atoms with Gasteiger partial charge in [0.15, 0.2) is 0 Å². The highest BCUT2D eigenvalue weighted by molar-refractivity contribution is 5.96. The summed E-state index contributed by atoms with van der Waals surface area (Å²) in [6.45, 7) is 4.42. The number of para-hydroxylation sites is 1. The molecule has 0 radical (unpaired) electrons. The smallest absolute Gasteiger partial charge is 0.269 e. The second kappa shape index (κ2) is 7.36. The van der Waals surface area contributed by atoms with Crippen molar-refractivity contribution in [3.05, 3.63) is 64.2 Å². The number of fused-ring (bicyclic) bond motifs is 1. The van der Waals surface area contributed by atoms with Gasteiger partial charge in [-0.3, -0.25) is 19.8 Å². The van der Waals surface area contributed by atoms with Gasteiger partial charge in [-0.25, -0.2) is 0 Å². The lowest BCUT2D eigenvalue weighted by molar-refractivity contribution is -0.384. The topological polar surface area (TPSA) is 69.9 Å². The molecule has 2 aliphatic rings. The van der Waals surface area contributed by atoms with Crippen LogP contribution in [0.4, 0.5) is 17.1 Å². The molecule has 7 heteroatoms. The minimum atomic E-state index is -0.385. The predicted molar refractivity (Wildman–Crippen MR) is 104 cm³/mol. The SMILES string of the molecule is O=C(CN1CCN(c2ccc([N+](=O)[O-])cc2)CC1)N1CCc2ccccc21. The van der Waals surface area contributed by atoms with E-state index in [1.807, 2.05) is 23.1 Å². The van der Waals surface area contributed by atoms with E-state index in [4.69, 9.17) is 0 Å². The summed E-state index contributed by atoms with van der Waals surface area (Å²) >= 11 is 0. The fourth-order valence-corrected chi connectivity index (χ4v) is 3.82. The molecule has 1 saturated heterocycles. The van der Waals surface area contributed by atoms with Crippen LogP contribution in [0.15, 0.2) is 48.5 Å². The van der Waals surface area contributed by atoms with Crippen molar-refractivity contribution in [2.75, 3.05) is 49.1 Å². The minimum absolute atomic E-state index is 0.105. The van der Waals surface area contributed by atoms with E-state index < -0.39 is 0 Å². The summed E-state index contributed by atoms with van der Waals surface area (Å²) < 4.78 is 0. The number of nitrogens with zero attached hydrogens (tertiary/aromatic N) is 4. The first-order chi connectivity index (χ1) is 13.1. The summed E-state index contributed by atoms with van der Waals surface area (Å²) in [6.07, 6.45) is 0.926. The minimum Gasteiger partial charge on any atom is -0.369 e. The summed E-state index contributed by atoms with van der Waals surface area (Å²) in [5, 5.41) is 10.8. The largest absolute Gasteiger partial charge is 0.369 e. The average Bonchev–Trinajstić information content (AvgIpc) is 3.13. The number of hydrogen-bond donors (Lipinski definition) is 0. The Kier molecular flexibility index (Phi) is 4.77. The number of rotatable bonds is 4. The van der Waals surface area contributed by atoms with Gasteiger partial charge < -0.3 is 9.80 Å². The molecule has 0 bridgehead atoms. The van der Waals surface area contributed by atoms with Gasteiger partial charge in [-0.2, -0.15) is 0 Å². The molecular formula is C20H22N4O3. The van der Waals surface area contributed by atoms with Crippen LogP contribution in [-0.2, 0) is 11.2 Å². The van der Waals surface area contributed by atoms with E-state index in [1.54, 1.807) is 12.1 Å². The number of hydrogen-bond acceptors (Lipinski definition) is 5. The van der Waals surface area contributed by atoms with Crippen molar-refractivity contribution in [3.8, 4) is 0 Å². The standard InChI is InChI=1S/C20H22N4O3/c25-20(23-10-9-16-3-1-2-4-19(16)23)15-21-11-13-22(14-12-21)17-5-7-18(8-6-17)24(26)27/h1-8H,9-15H2. The highest BCUT2D eigenvalue weighted by Crippen LogP contribution is 2.27. The third kappa shape index (κ3) is 3.64. The summed E-state index contributed by atoms with van der Waals surface area (Å²) in [5.41, 5.74) is 3.38. The Balaban J connectivity index is 1.32. The summed E-state index contributed by atoms with van der Waals surface area (Å²) in [6, 6.07) is 14.8. The van der Waals surface area contributed by atoms with E-state index in [-0.39, 0.29) is 16.5 Å². The molecule has 2 heterocycles. The van der Waals surface area contributed by atoms with Gasteiger partial charge in [0, 0.05) is 56.2 Å². The third-order valence-electron chi connectivity index (χ3n) is 5.35. The Morgan fingerprint density at radius 2 is 1.67 bits per heavy atom. The fourth-order valence-electron chi connectivity index (χ4n) is 3.82. The van der Waals surface area contributed by atoms with E-state index >= 15 is 0 Å². The molecule has 4 rings (SSSR count). The lowest BCUT2D eigenvalue weighted by atomic mass is 10.2. The number of carbonyl (C=O) groups is 1. The van der Waals surface area contributed by atoms with Crippen molar-refractivity contribution in [3.63, 3.8) is 0 Å². The molecule has 0 unspecified atom stereocenters. The normalized spacial score (nSPS) is 17.0. The van der Waals surface area contributed by atoms with Gasteiger partial charge in [0.05, 0.1) is 11.5 Å². The number of piperazine rings is 1. The van der Waals surface area contributed by atoms with Crippen LogP contribution in [0.25, 0.3) is 0 Å². The Morgan fingerprint density at radius 3 is 2.37 bits per heavy atom. The first-order valence-corrected chi connectivity index (χ1v) is 9.22. The van der Waals surface area contributed by atoms with Crippen LogP contribution in [-0.4, -0.2) is 55.0 Å². The lowest BCUT2D eigenvalue weighted by Gasteiger charge is -2.36. The van der Waals surface area contributed by atoms with Gasteiger partial charge >= 0.3 is 0 Å². The molecule has 0 N–H and O–H groups in total. The molecule has 140 valence electrons. The monoisotopic (exact) mass is 366 g/mol. The van der Waals surface area contributed by atoms with E-state index in [1.165, 1.54) is 17.7 Å². The molecular weight excluding hydrogens is 344 g/mol. The molecule has 2 aromatic rings. The molecule has 7 nitrogen and oxygen atoms in total. The maximum atomic E-state index is 12.7. The maximum Gasteiger partial charge on any atom is 0.269 e. The number of non-ortho nitro benzene ring substituents is 1. The zero-order valence-electron chi connectivity index (χ0n) is 15.1. The maximum absolute atomic E-state index is 12.7. The van der Waals surface area contributed by atoms with Crippen LogP contribution in [0.1, 0.15) is 5.56 Å². The van der Waals surface area contributed by atoms with Crippen LogP contribution < -0.4 is 9.80 Å². The molecule has 2 aromatic carbocycles. The number of nitro benzene ring substituents is 1. The predicted octanol–water partition coefficient (Wildman–Crippen LogP) is 2.31. The second-order valence-corrected chi connectivity index (χ2v) is 6.96. The van der Waals surface area contributed by atoms with Crippen molar-refractivity contribution < 1.29 is 9.72 Å². The van der Waals surface area contributed by atoms with Gasteiger partial charge in [-0.15, -0.1) is 0 Å². The van der Waals surface area contributed by atoms with Crippen molar-refractivity contribution in [1.29, 1.82) is 0 Å². The van der Waals surface area contributed by atoms with Crippen molar-refractivity contribution in [1.82, 2.24) is 4.90 Å². The second-order valence-electron chi connectivity index (χ2n) is 6.96. The van der Waals surface area contributed by atoms with Crippen molar-refractivity contribution in [2.24, 2.45) is 0 Å². The van der Waals surface area contributed by atoms with Crippen molar-refractivity contribution >= 4 is 23.0 Å². The van der Waals surface area contributed by atoms with Gasteiger partial charge in [0.25, 0.3) is 5.69 Å². The molecule has 1 amide bonds. The summed E-state index contributed by atoms with van der Waals surface area (Å²) in [4.78, 5) is 29.4. The van der Waals surface area contributed by atoms with Crippen molar-refractivity contribution in [2.45, 2.75) is 6.42 Å². The quantitative estimate of drug-likeness (QED) is 0.613. The van der Waals surface area contributed by atoms with Crippen LogP contribution in [0.2, 0.25) is 0 Å². The van der Waals surface area contributed by atoms with Crippen LogP contribution in [0.3, 0.4) is 0 Å². The molecule has 1 fully saturated rings. The Labute approximate surface area is 157 Å². The average molecular weight is 366 g/mol. The first-order valence-electron chi connectivity index (χ1n) is 9.22. The van der Waals surface area contributed by atoms with E-state index in [0.29, 0.717) is 6.54 Å². The highest BCUT2D eigenvalue weighted by Gasteiger charge is 2.27. The van der Waals surface area contributed by atoms with Gasteiger partial charge in [-0.1, -0.05) is 18.2 Å². The summed E-state index contributed by atoms with van der Waals surface area (Å²) in [7, 11) is 0. The third-order valence-corrected chi connectivity index (χ3v) is 5.35. The Bertz CT molecular complexity index is 845. The Morgan fingerprint density at radius 1 is 0.963 bits per heavy atom. The van der Waals surface area contributed by atoms with Gasteiger partial charge in [0.2, 0.25) is 5.91 Å². The number of amides is 1. The number of benzene rings is 2. The van der Waals surface area contributed by atoms with Crippen LogP contribution in [0.5, 0.6) is 0 Å². The molecule has 27 heavy (non-hydrogen) atoms. The molecule has 0 saturated carbocycles. The van der Waals surface area contributed by atoms with E-state index in [0.717, 1.165) is 50.5 Å². The van der Waals surface area contributed by atoms with Crippen LogP contribution in [0, 0.1) is 10.1 Å². The fraction of sp³-hybridized carbons (Fsp3) is 0.350. The van der Waals surface area contributed by atoms with Gasteiger partial charge in [0.1, 0.15) is 0 Å². The molecule has 0 aromatic heterocycles. The Hall–Kier alpha value is -2.93. The molecule has 0 spiro atoms. The molecule has 0 atom stereocenters. The van der Waals surface area contributed by atoms with E-state index in [9.17, 15) is 14.9 Å².